The molecule has 0 unspecified atom stereocenters. The maximum absolute atomic E-state index is 7.60. The number of furan rings is 1. The summed E-state index contributed by atoms with van der Waals surface area (Å²) in [5, 5.41) is 13.1. The molecule has 3 N–H and O–H groups in total. The molecule has 0 aliphatic rings. The van der Waals surface area contributed by atoms with Gasteiger partial charge in [0.05, 0.1) is 6.26 Å². The summed E-state index contributed by atoms with van der Waals surface area (Å²) in [5.74, 6) is 1.22. The fourth-order valence-electron chi connectivity index (χ4n) is 0.984. The van der Waals surface area contributed by atoms with Crippen molar-refractivity contribution in [3.8, 4) is 0 Å². The Balaban J connectivity index is 2.49. The summed E-state index contributed by atoms with van der Waals surface area (Å²) in [7, 11) is 5.34. The number of anilines is 1. The molecule has 1 aromatic rings. The van der Waals surface area contributed by atoms with E-state index in [-0.39, 0.29) is 5.96 Å². The second-order valence-corrected chi connectivity index (χ2v) is 3.04. The zero-order valence-electron chi connectivity index (χ0n) is 9.03. The smallest absolute Gasteiger partial charge is 0.202 e. The van der Waals surface area contributed by atoms with Crippen LogP contribution in [0, 0.1) is 5.41 Å². The highest BCUT2D eigenvalue weighted by Crippen LogP contribution is 2.05. The third-order valence-electron chi connectivity index (χ3n) is 1.64. The van der Waals surface area contributed by atoms with E-state index in [2.05, 4.69) is 15.6 Å². The Hall–Kier alpha value is -1.98. The Labute approximate surface area is 88.5 Å². The van der Waals surface area contributed by atoms with Gasteiger partial charge in [0.25, 0.3) is 0 Å². The lowest BCUT2D eigenvalue weighted by Gasteiger charge is -2.17. The average Bonchev–Trinajstić information content (AvgIpc) is 2.66. The number of hydrogen-bond donors (Lipinski definition) is 3. The number of guanidine groups is 2. The van der Waals surface area contributed by atoms with Crippen molar-refractivity contribution < 1.29 is 4.42 Å². The van der Waals surface area contributed by atoms with E-state index in [1.165, 1.54) is 6.26 Å². The summed E-state index contributed by atoms with van der Waals surface area (Å²) in [6.45, 7) is 0. The largest absolute Gasteiger partial charge is 0.449 e. The Morgan fingerprint density at radius 1 is 1.53 bits per heavy atom. The van der Waals surface area contributed by atoms with Crippen molar-refractivity contribution >= 4 is 17.8 Å². The number of nitrogens with one attached hydrogen (secondary N) is 3. The molecular formula is C9H15N5O. The van der Waals surface area contributed by atoms with Gasteiger partial charge in [0.2, 0.25) is 5.96 Å². The van der Waals surface area contributed by atoms with Crippen molar-refractivity contribution in [1.82, 2.24) is 10.2 Å². The minimum atomic E-state index is 0.110. The quantitative estimate of drug-likeness (QED) is 0.471. The molecule has 0 atom stereocenters. The van der Waals surface area contributed by atoms with Gasteiger partial charge in [-0.2, -0.15) is 0 Å². The molecule has 0 aromatic carbocycles. The van der Waals surface area contributed by atoms with Crippen molar-refractivity contribution in [3.63, 3.8) is 0 Å². The maximum Gasteiger partial charge on any atom is 0.202 e. The van der Waals surface area contributed by atoms with Crippen LogP contribution < -0.4 is 10.6 Å². The van der Waals surface area contributed by atoms with Crippen LogP contribution >= 0.6 is 0 Å². The number of hydrogen-bond acceptors (Lipinski definition) is 3. The van der Waals surface area contributed by atoms with Crippen LogP contribution in [0.15, 0.2) is 27.8 Å². The molecule has 1 rings (SSSR count). The molecule has 0 saturated heterocycles. The van der Waals surface area contributed by atoms with Crippen LogP contribution in [0.1, 0.15) is 0 Å². The highest BCUT2D eigenvalue weighted by molar-refractivity contribution is 6.02. The van der Waals surface area contributed by atoms with Gasteiger partial charge >= 0.3 is 0 Å². The van der Waals surface area contributed by atoms with E-state index in [0.29, 0.717) is 11.8 Å². The van der Waals surface area contributed by atoms with Crippen LogP contribution in [0.25, 0.3) is 0 Å². The molecule has 0 fully saturated rings. The first-order valence-corrected chi connectivity index (χ1v) is 4.43. The standard InChI is InChI=1S/C9H15N5O/c1-11-9(14(2)3)13-8(10)12-7-5-4-6-15-7/h4-6H,1-3H3,(H3,10,11,12,13). The fourth-order valence-corrected chi connectivity index (χ4v) is 0.984. The predicted octanol–water partition coefficient (Wildman–Crippen LogP) is 0.763. The molecule has 0 aliphatic heterocycles. The van der Waals surface area contributed by atoms with Gasteiger partial charge in [0.15, 0.2) is 11.8 Å². The number of aliphatic imine (C=N–C) groups is 1. The third-order valence-corrected chi connectivity index (χ3v) is 1.64. The molecular weight excluding hydrogens is 194 g/mol. The van der Waals surface area contributed by atoms with Crippen LogP contribution in [0.3, 0.4) is 0 Å². The Morgan fingerprint density at radius 2 is 2.27 bits per heavy atom. The van der Waals surface area contributed by atoms with Gasteiger partial charge in [0.1, 0.15) is 0 Å². The number of nitrogens with zero attached hydrogens (tertiary/aromatic N) is 2. The molecule has 1 heterocycles. The molecule has 1 aromatic heterocycles. The minimum Gasteiger partial charge on any atom is -0.449 e. The van der Waals surface area contributed by atoms with E-state index in [1.54, 1.807) is 24.1 Å². The molecule has 15 heavy (non-hydrogen) atoms. The summed E-state index contributed by atoms with van der Waals surface area (Å²) in [5.41, 5.74) is 0. The van der Waals surface area contributed by atoms with Crippen molar-refractivity contribution in [1.29, 1.82) is 5.41 Å². The second kappa shape index (κ2) is 5.04. The summed E-state index contributed by atoms with van der Waals surface area (Å²) in [4.78, 5) is 5.75. The molecule has 0 spiro atoms. The lowest BCUT2D eigenvalue weighted by atomic mass is 10.6. The summed E-state index contributed by atoms with van der Waals surface area (Å²) in [6.07, 6.45) is 1.54. The van der Waals surface area contributed by atoms with E-state index < -0.39 is 0 Å². The van der Waals surface area contributed by atoms with Crippen LogP contribution in [0.4, 0.5) is 5.88 Å². The molecule has 0 bridgehead atoms. The summed E-state index contributed by atoms with van der Waals surface area (Å²) < 4.78 is 5.03. The van der Waals surface area contributed by atoms with E-state index in [1.807, 2.05) is 14.1 Å². The lowest BCUT2D eigenvalue weighted by Crippen LogP contribution is -2.42. The van der Waals surface area contributed by atoms with E-state index >= 15 is 0 Å². The molecule has 82 valence electrons. The molecule has 0 amide bonds. The molecule has 0 radical (unpaired) electrons. The van der Waals surface area contributed by atoms with Gasteiger partial charge < -0.3 is 9.32 Å². The van der Waals surface area contributed by atoms with Gasteiger partial charge in [-0.1, -0.05) is 0 Å². The summed E-state index contributed by atoms with van der Waals surface area (Å²) in [6, 6.07) is 3.48. The third kappa shape index (κ3) is 3.34. The minimum absolute atomic E-state index is 0.110. The Morgan fingerprint density at radius 3 is 2.73 bits per heavy atom. The number of rotatable bonds is 1. The van der Waals surface area contributed by atoms with Crippen LogP contribution in [0.5, 0.6) is 0 Å². The van der Waals surface area contributed by atoms with Gasteiger partial charge in [-0.05, 0) is 6.07 Å². The summed E-state index contributed by atoms with van der Waals surface area (Å²) >= 11 is 0. The SMILES string of the molecule is CN=C(NC(=N)Nc1ccco1)N(C)C. The van der Waals surface area contributed by atoms with E-state index in [4.69, 9.17) is 9.83 Å². The van der Waals surface area contributed by atoms with E-state index in [0.717, 1.165) is 0 Å². The molecule has 6 heteroatoms. The highest BCUT2D eigenvalue weighted by atomic mass is 16.3. The maximum atomic E-state index is 7.60. The van der Waals surface area contributed by atoms with Gasteiger partial charge in [0, 0.05) is 27.2 Å². The zero-order valence-corrected chi connectivity index (χ0v) is 9.03. The van der Waals surface area contributed by atoms with Crippen molar-refractivity contribution in [2.75, 3.05) is 26.5 Å². The Bertz CT molecular complexity index is 341. The van der Waals surface area contributed by atoms with Gasteiger partial charge in [-0.25, -0.2) is 0 Å². The highest BCUT2D eigenvalue weighted by Gasteiger charge is 2.04. The lowest BCUT2D eigenvalue weighted by molar-refractivity contribution is 0.584. The first-order chi connectivity index (χ1) is 7.13. The molecule has 0 saturated carbocycles. The topological polar surface area (TPSA) is 76.6 Å². The van der Waals surface area contributed by atoms with Crippen LogP contribution in [-0.2, 0) is 0 Å². The van der Waals surface area contributed by atoms with Crippen molar-refractivity contribution in [2.24, 2.45) is 4.99 Å². The predicted molar refractivity (Wildman–Crippen MR) is 60.2 cm³/mol. The first kappa shape index (κ1) is 11.1. The van der Waals surface area contributed by atoms with Crippen LogP contribution in [0.2, 0.25) is 0 Å². The normalized spacial score (nSPS) is 11.0. The average molecular weight is 209 g/mol. The second-order valence-electron chi connectivity index (χ2n) is 3.04. The van der Waals surface area contributed by atoms with Gasteiger partial charge in [-0.15, -0.1) is 0 Å². The van der Waals surface area contributed by atoms with Crippen molar-refractivity contribution in [2.45, 2.75) is 0 Å². The monoisotopic (exact) mass is 209 g/mol. The Kier molecular flexibility index (Phi) is 3.73. The van der Waals surface area contributed by atoms with Crippen LogP contribution in [-0.4, -0.2) is 38.0 Å². The molecule has 0 aliphatic carbocycles. The zero-order chi connectivity index (χ0) is 11.3. The van der Waals surface area contributed by atoms with E-state index in [9.17, 15) is 0 Å². The first-order valence-electron chi connectivity index (χ1n) is 4.43. The van der Waals surface area contributed by atoms with Gasteiger partial charge in [-0.3, -0.25) is 21.0 Å². The fraction of sp³-hybridized carbons (Fsp3) is 0.333. The molecule has 6 nitrogen and oxygen atoms in total. The van der Waals surface area contributed by atoms with Crippen molar-refractivity contribution in [3.05, 3.63) is 18.4 Å².